The number of methoxy groups -OCH3 is 1. The van der Waals surface area contributed by atoms with Gasteiger partial charge < -0.3 is 19.5 Å². The molecule has 0 radical (unpaired) electrons. The zero-order valence-corrected chi connectivity index (χ0v) is 20.2. The number of aryl methyl sites for hydroxylation is 1. The highest BCUT2D eigenvalue weighted by Gasteiger charge is 2.24. The number of nitrogens with one attached hydrogen (secondary N) is 1. The molecule has 1 N–H and O–H groups in total. The van der Waals surface area contributed by atoms with Gasteiger partial charge in [0.05, 0.1) is 23.7 Å². The average molecular weight is 466 g/mol. The quantitative estimate of drug-likeness (QED) is 0.497. The van der Waals surface area contributed by atoms with Crippen LogP contribution in [0.15, 0.2) is 12.5 Å². The number of piperazine rings is 1. The number of anilines is 2. The summed E-state index contributed by atoms with van der Waals surface area (Å²) in [5, 5.41) is 17.9. The summed E-state index contributed by atoms with van der Waals surface area (Å²) < 4.78 is 8.92. The highest BCUT2D eigenvalue weighted by molar-refractivity contribution is 5.93. The van der Waals surface area contributed by atoms with E-state index in [1.165, 1.54) is 0 Å². The molecule has 0 aliphatic carbocycles. The predicted octanol–water partition coefficient (Wildman–Crippen LogP) is 1.45. The van der Waals surface area contributed by atoms with Gasteiger partial charge in [0, 0.05) is 59.2 Å². The Balaban J connectivity index is 1.39. The molecule has 0 saturated carbocycles. The maximum atomic E-state index is 12.9. The van der Waals surface area contributed by atoms with Gasteiger partial charge in [-0.3, -0.25) is 14.4 Å². The first-order valence-corrected chi connectivity index (χ1v) is 11.4. The van der Waals surface area contributed by atoms with Gasteiger partial charge in [-0.15, -0.1) is 0 Å². The number of nitrogens with zero attached hydrogens (tertiary/aromatic N) is 8. The van der Waals surface area contributed by atoms with E-state index in [1.807, 2.05) is 25.5 Å². The van der Waals surface area contributed by atoms with Crippen LogP contribution in [0, 0.1) is 25.2 Å². The van der Waals surface area contributed by atoms with Crippen molar-refractivity contribution in [1.29, 1.82) is 5.26 Å². The third-order valence-corrected chi connectivity index (χ3v) is 6.48. The van der Waals surface area contributed by atoms with Crippen LogP contribution in [0.3, 0.4) is 0 Å². The van der Waals surface area contributed by atoms with Crippen molar-refractivity contribution in [2.75, 3.05) is 56.7 Å². The monoisotopic (exact) mass is 465 g/mol. The van der Waals surface area contributed by atoms with Crippen molar-refractivity contribution < 1.29 is 9.53 Å². The topological polar surface area (TPSA) is 117 Å². The second-order valence-electron chi connectivity index (χ2n) is 8.56. The summed E-state index contributed by atoms with van der Waals surface area (Å²) in [6.45, 7) is 8.44. The van der Waals surface area contributed by atoms with Crippen LogP contribution in [0.25, 0.3) is 11.0 Å². The average Bonchev–Trinajstić information content (AvgIpc) is 3.32. The fourth-order valence-electron chi connectivity index (χ4n) is 4.47. The van der Waals surface area contributed by atoms with Gasteiger partial charge >= 0.3 is 0 Å². The van der Waals surface area contributed by atoms with E-state index >= 15 is 0 Å². The summed E-state index contributed by atoms with van der Waals surface area (Å²) in [6.07, 6.45) is 4.16. The number of carbonyl (C=O) groups excluding carboxylic acids is 1. The van der Waals surface area contributed by atoms with Gasteiger partial charge in [0.2, 0.25) is 5.91 Å². The maximum Gasteiger partial charge on any atom is 0.239 e. The van der Waals surface area contributed by atoms with Gasteiger partial charge in [0.15, 0.2) is 5.65 Å². The first-order chi connectivity index (χ1) is 16.4. The lowest BCUT2D eigenvalue weighted by Gasteiger charge is -2.35. The number of ether oxygens (including phenoxy) is 1. The van der Waals surface area contributed by atoms with Gasteiger partial charge in [0.1, 0.15) is 24.0 Å². The molecule has 1 aliphatic heterocycles. The molecule has 11 nitrogen and oxygen atoms in total. The van der Waals surface area contributed by atoms with Crippen molar-refractivity contribution in [3.63, 3.8) is 0 Å². The first-order valence-electron chi connectivity index (χ1n) is 11.4. The summed E-state index contributed by atoms with van der Waals surface area (Å²) in [6, 6.07) is 2.26. The van der Waals surface area contributed by atoms with Gasteiger partial charge in [-0.1, -0.05) is 0 Å². The molecule has 4 heterocycles. The van der Waals surface area contributed by atoms with E-state index in [9.17, 15) is 10.1 Å². The third kappa shape index (κ3) is 4.60. The van der Waals surface area contributed by atoms with Gasteiger partial charge in [-0.25, -0.2) is 9.97 Å². The van der Waals surface area contributed by atoms with E-state index in [4.69, 9.17) is 4.74 Å². The van der Waals surface area contributed by atoms with Gasteiger partial charge in [-0.2, -0.15) is 10.4 Å². The lowest BCUT2D eigenvalue weighted by Crippen LogP contribution is -2.49. The van der Waals surface area contributed by atoms with Crippen LogP contribution in [-0.2, 0) is 23.1 Å². The van der Waals surface area contributed by atoms with E-state index in [2.05, 4.69) is 36.3 Å². The Morgan fingerprint density at radius 1 is 1.24 bits per heavy atom. The Hall–Kier alpha value is -3.49. The van der Waals surface area contributed by atoms with Crippen molar-refractivity contribution in [2.45, 2.75) is 26.8 Å². The van der Waals surface area contributed by atoms with Crippen LogP contribution in [0.1, 0.15) is 23.2 Å². The van der Waals surface area contributed by atoms with Gasteiger partial charge in [0.25, 0.3) is 0 Å². The molecule has 0 aromatic carbocycles. The number of fused-ring (bicyclic) bond motifs is 1. The van der Waals surface area contributed by atoms with Crippen LogP contribution in [0.4, 0.5) is 11.6 Å². The highest BCUT2D eigenvalue weighted by atomic mass is 16.5. The van der Waals surface area contributed by atoms with Crippen LogP contribution in [0.5, 0.6) is 0 Å². The van der Waals surface area contributed by atoms with Crippen LogP contribution >= 0.6 is 0 Å². The molecule has 0 spiro atoms. The molecule has 3 aromatic heterocycles. The molecule has 0 unspecified atom stereocenters. The summed E-state index contributed by atoms with van der Waals surface area (Å²) >= 11 is 0. The fourth-order valence-corrected chi connectivity index (χ4v) is 4.47. The molecular formula is C23H31N9O2. The maximum absolute atomic E-state index is 12.9. The van der Waals surface area contributed by atoms with Crippen molar-refractivity contribution >= 4 is 28.6 Å². The minimum atomic E-state index is -0.118. The lowest BCUT2D eigenvalue weighted by atomic mass is 10.2. The summed E-state index contributed by atoms with van der Waals surface area (Å²) in [7, 11) is 3.53. The number of hydrogen-bond donors (Lipinski definition) is 1. The Morgan fingerprint density at radius 3 is 2.71 bits per heavy atom. The zero-order chi connectivity index (χ0) is 24.2. The second-order valence-corrected chi connectivity index (χ2v) is 8.56. The SMILES string of the molecule is COCCCn1c(C)c(C)c(C#N)c1NC(=O)CN1CCN(c2ncnc3c2cnn3C)CC1. The fraction of sp³-hybridized carbons (Fsp3) is 0.522. The standard InChI is InChI=1S/C23H31N9O2/c1-16-17(2)32(6-5-11-34-4)23(18(16)12-24)28-20(33)14-30-7-9-31(10-8-30)22-19-13-27-29(3)21(19)25-15-26-22/h13,15H,5-11,14H2,1-4H3,(H,28,33). The van der Waals surface area contributed by atoms with Gasteiger partial charge in [-0.05, 0) is 25.8 Å². The summed E-state index contributed by atoms with van der Waals surface area (Å²) in [5.41, 5.74) is 3.22. The van der Waals surface area contributed by atoms with E-state index in [0.717, 1.165) is 60.7 Å². The molecule has 1 saturated heterocycles. The minimum Gasteiger partial charge on any atom is -0.385 e. The normalized spacial score (nSPS) is 14.5. The summed E-state index contributed by atoms with van der Waals surface area (Å²) in [5.74, 6) is 1.34. The molecule has 1 fully saturated rings. The Bertz CT molecular complexity index is 1220. The molecule has 34 heavy (non-hydrogen) atoms. The highest BCUT2D eigenvalue weighted by Crippen LogP contribution is 2.27. The lowest BCUT2D eigenvalue weighted by molar-refractivity contribution is -0.117. The number of rotatable bonds is 8. The molecule has 4 rings (SSSR count). The minimum absolute atomic E-state index is 0.118. The van der Waals surface area contributed by atoms with Crippen molar-refractivity contribution in [1.82, 2.24) is 29.2 Å². The number of hydrogen-bond acceptors (Lipinski definition) is 8. The molecule has 1 amide bonds. The van der Waals surface area contributed by atoms with E-state index in [-0.39, 0.29) is 12.5 Å². The predicted molar refractivity (Wildman–Crippen MR) is 129 cm³/mol. The molecule has 3 aromatic rings. The van der Waals surface area contributed by atoms with Crippen LogP contribution in [0.2, 0.25) is 0 Å². The number of amides is 1. The molecule has 180 valence electrons. The Morgan fingerprint density at radius 2 is 2.00 bits per heavy atom. The molecule has 1 aliphatic rings. The Kier molecular flexibility index (Phi) is 7.09. The largest absolute Gasteiger partial charge is 0.385 e. The number of aromatic nitrogens is 5. The van der Waals surface area contributed by atoms with Crippen molar-refractivity contribution in [3.8, 4) is 6.07 Å². The number of nitriles is 1. The third-order valence-electron chi connectivity index (χ3n) is 6.48. The molecule has 0 bridgehead atoms. The summed E-state index contributed by atoms with van der Waals surface area (Å²) in [4.78, 5) is 26.1. The number of carbonyl (C=O) groups is 1. The first kappa shape index (κ1) is 23.7. The van der Waals surface area contributed by atoms with E-state index in [1.54, 1.807) is 24.3 Å². The second kappa shape index (κ2) is 10.2. The molecular weight excluding hydrogens is 434 g/mol. The van der Waals surface area contributed by atoms with E-state index < -0.39 is 0 Å². The zero-order valence-electron chi connectivity index (χ0n) is 20.2. The molecule has 11 heteroatoms. The molecule has 0 atom stereocenters. The smallest absolute Gasteiger partial charge is 0.239 e. The van der Waals surface area contributed by atoms with Crippen molar-refractivity contribution in [2.24, 2.45) is 7.05 Å². The van der Waals surface area contributed by atoms with E-state index in [0.29, 0.717) is 24.5 Å². The van der Waals surface area contributed by atoms with Crippen molar-refractivity contribution in [3.05, 3.63) is 29.3 Å². The Labute approximate surface area is 198 Å². The van der Waals surface area contributed by atoms with Crippen LogP contribution < -0.4 is 10.2 Å². The van der Waals surface area contributed by atoms with Crippen LogP contribution in [-0.4, -0.2) is 81.6 Å².